The van der Waals surface area contributed by atoms with Crippen molar-refractivity contribution in [2.24, 2.45) is 10.9 Å². The van der Waals surface area contributed by atoms with Gasteiger partial charge in [-0.15, -0.1) is 0 Å². The molecule has 0 aliphatic heterocycles. The highest BCUT2D eigenvalue weighted by atomic mass is 16.5. The van der Waals surface area contributed by atoms with Gasteiger partial charge in [0.15, 0.2) is 0 Å². The molecule has 0 unspecified atom stereocenters. The van der Waals surface area contributed by atoms with Crippen molar-refractivity contribution in [3.05, 3.63) is 77.6 Å². The Bertz CT molecular complexity index is 1050. The predicted molar refractivity (Wildman–Crippen MR) is 115 cm³/mol. The number of rotatable bonds is 7. The van der Waals surface area contributed by atoms with Crippen LogP contribution in [-0.4, -0.2) is 16.0 Å². The standard InChI is InChI=1S/C23H24N4O2/c24-23(27-28)14-22(16-4-3-5-16)26-18-8-10-19(11-9-18)29-15-17-12-13-25-21-7-2-1-6-20(17)21/h1-2,6-13,26,28H,3-5,14-15H2,(H2,24,27). The van der Waals surface area contributed by atoms with Gasteiger partial charge in [0.25, 0.3) is 0 Å². The van der Waals surface area contributed by atoms with Crippen molar-refractivity contribution in [3.63, 3.8) is 0 Å². The first-order chi connectivity index (χ1) is 14.2. The smallest absolute Gasteiger partial charge is 0.145 e. The number of fused-ring (bicyclic) bond motifs is 1. The van der Waals surface area contributed by atoms with Gasteiger partial charge < -0.3 is 21.0 Å². The maximum absolute atomic E-state index is 8.87. The number of benzene rings is 2. The van der Waals surface area contributed by atoms with Crippen LogP contribution in [-0.2, 0) is 6.61 Å². The fraction of sp³-hybridized carbons (Fsp3) is 0.217. The van der Waals surface area contributed by atoms with Gasteiger partial charge in [-0.2, -0.15) is 0 Å². The molecule has 1 aromatic heterocycles. The number of para-hydroxylation sites is 1. The van der Waals surface area contributed by atoms with E-state index in [0.717, 1.165) is 46.4 Å². The van der Waals surface area contributed by atoms with Gasteiger partial charge in [-0.3, -0.25) is 4.98 Å². The van der Waals surface area contributed by atoms with E-state index in [1.807, 2.05) is 54.7 Å². The second kappa shape index (κ2) is 8.65. The Morgan fingerprint density at radius 2 is 1.90 bits per heavy atom. The summed E-state index contributed by atoms with van der Waals surface area (Å²) in [5.41, 5.74) is 11.1. The third kappa shape index (κ3) is 4.48. The molecule has 0 radical (unpaired) electrons. The van der Waals surface area contributed by atoms with Crippen molar-refractivity contribution in [2.45, 2.75) is 32.3 Å². The lowest BCUT2D eigenvalue weighted by molar-refractivity contribution is 0.307. The number of nitrogens with zero attached hydrogens (tertiary/aromatic N) is 2. The molecule has 0 amide bonds. The zero-order valence-electron chi connectivity index (χ0n) is 16.1. The van der Waals surface area contributed by atoms with Gasteiger partial charge in [-0.1, -0.05) is 28.9 Å². The molecule has 2 aromatic carbocycles. The number of anilines is 1. The van der Waals surface area contributed by atoms with Crippen LogP contribution in [0.4, 0.5) is 5.69 Å². The molecule has 29 heavy (non-hydrogen) atoms. The van der Waals surface area contributed by atoms with Gasteiger partial charge in [0.05, 0.1) is 5.52 Å². The number of nitrogens with one attached hydrogen (secondary N) is 1. The molecule has 6 nitrogen and oxygen atoms in total. The normalized spacial score (nSPS) is 13.8. The SMILES string of the molecule is N/C(CC(Nc1ccc(OCc2ccnc3ccccc23)cc1)=C1CCC1)=N\O. The van der Waals surface area contributed by atoms with E-state index < -0.39 is 0 Å². The van der Waals surface area contributed by atoms with E-state index in [-0.39, 0.29) is 5.84 Å². The summed E-state index contributed by atoms with van der Waals surface area (Å²) in [7, 11) is 0. The number of allylic oxidation sites excluding steroid dienone is 1. The second-order valence-corrected chi connectivity index (χ2v) is 7.13. The Kier molecular flexibility index (Phi) is 5.61. The molecule has 0 saturated heterocycles. The Morgan fingerprint density at radius 3 is 2.62 bits per heavy atom. The molecule has 4 N–H and O–H groups in total. The van der Waals surface area contributed by atoms with Crippen LogP contribution in [0, 0.1) is 0 Å². The van der Waals surface area contributed by atoms with E-state index in [1.165, 1.54) is 12.0 Å². The van der Waals surface area contributed by atoms with E-state index >= 15 is 0 Å². The van der Waals surface area contributed by atoms with Gasteiger partial charge in [0.1, 0.15) is 18.2 Å². The minimum Gasteiger partial charge on any atom is -0.489 e. The number of hydrogen-bond donors (Lipinski definition) is 3. The number of amidine groups is 1. The molecule has 1 heterocycles. The molecular weight excluding hydrogens is 364 g/mol. The van der Waals surface area contributed by atoms with Crippen molar-refractivity contribution in [1.82, 2.24) is 4.98 Å². The van der Waals surface area contributed by atoms with Crippen LogP contribution in [0.5, 0.6) is 5.75 Å². The zero-order valence-corrected chi connectivity index (χ0v) is 16.1. The highest BCUT2D eigenvalue weighted by Crippen LogP contribution is 2.31. The summed E-state index contributed by atoms with van der Waals surface area (Å²) in [5, 5.41) is 16.5. The van der Waals surface area contributed by atoms with E-state index in [1.54, 1.807) is 0 Å². The van der Waals surface area contributed by atoms with Crippen LogP contribution in [0.3, 0.4) is 0 Å². The van der Waals surface area contributed by atoms with Crippen molar-refractivity contribution in [3.8, 4) is 5.75 Å². The average Bonchev–Trinajstić information content (AvgIpc) is 2.72. The lowest BCUT2D eigenvalue weighted by Gasteiger charge is -2.23. The Balaban J connectivity index is 1.42. The summed E-state index contributed by atoms with van der Waals surface area (Å²) in [6.45, 7) is 0.481. The van der Waals surface area contributed by atoms with Gasteiger partial charge in [-0.25, -0.2) is 0 Å². The molecule has 0 atom stereocenters. The summed E-state index contributed by atoms with van der Waals surface area (Å²) in [5.74, 6) is 1.00. The van der Waals surface area contributed by atoms with Gasteiger partial charge in [-0.05, 0) is 55.7 Å². The second-order valence-electron chi connectivity index (χ2n) is 7.13. The predicted octanol–water partition coefficient (Wildman–Crippen LogP) is 4.80. The average molecular weight is 388 g/mol. The zero-order chi connectivity index (χ0) is 20.1. The molecule has 6 heteroatoms. The first-order valence-corrected chi connectivity index (χ1v) is 9.73. The molecule has 1 aliphatic rings. The number of aromatic nitrogens is 1. The summed E-state index contributed by atoms with van der Waals surface area (Å²) in [4.78, 5) is 4.39. The number of nitrogens with two attached hydrogens (primary N) is 1. The van der Waals surface area contributed by atoms with Crippen molar-refractivity contribution in [1.29, 1.82) is 0 Å². The Labute approximate surface area is 169 Å². The first kappa shape index (κ1) is 18.8. The molecule has 0 spiro atoms. The van der Waals surface area contributed by atoms with Crippen molar-refractivity contribution in [2.75, 3.05) is 5.32 Å². The van der Waals surface area contributed by atoms with E-state index in [2.05, 4.69) is 21.5 Å². The fourth-order valence-corrected chi connectivity index (χ4v) is 3.38. The van der Waals surface area contributed by atoms with Crippen LogP contribution in [0.15, 0.2) is 77.2 Å². The number of ether oxygens (including phenoxy) is 1. The van der Waals surface area contributed by atoms with E-state index in [0.29, 0.717) is 13.0 Å². The molecule has 0 bridgehead atoms. The fourth-order valence-electron chi connectivity index (χ4n) is 3.38. The monoisotopic (exact) mass is 388 g/mol. The highest BCUT2D eigenvalue weighted by Gasteiger charge is 2.16. The molecule has 3 aromatic rings. The number of oxime groups is 1. The first-order valence-electron chi connectivity index (χ1n) is 9.73. The third-order valence-corrected chi connectivity index (χ3v) is 5.15. The van der Waals surface area contributed by atoms with Crippen molar-refractivity contribution >= 4 is 22.4 Å². The summed E-state index contributed by atoms with van der Waals surface area (Å²) < 4.78 is 5.98. The maximum atomic E-state index is 8.87. The van der Waals surface area contributed by atoms with Crippen LogP contribution in [0.1, 0.15) is 31.2 Å². The molecule has 1 saturated carbocycles. The molecular formula is C23H24N4O2. The topological polar surface area (TPSA) is 92.8 Å². The Morgan fingerprint density at radius 1 is 1.10 bits per heavy atom. The quantitative estimate of drug-likeness (QED) is 0.234. The van der Waals surface area contributed by atoms with Crippen molar-refractivity contribution < 1.29 is 9.94 Å². The van der Waals surface area contributed by atoms with Crippen LogP contribution >= 0.6 is 0 Å². The molecule has 148 valence electrons. The largest absolute Gasteiger partial charge is 0.489 e. The number of hydrogen-bond acceptors (Lipinski definition) is 5. The molecule has 1 aliphatic carbocycles. The summed E-state index contributed by atoms with van der Waals surface area (Å²) in [6.07, 6.45) is 5.53. The van der Waals surface area contributed by atoms with Gasteiger partial charge in [0.2, 0.25) is 0 Å². The lowest BCUT2D eigenvalue weighted by Crippen LogP contribution is -2.18. The summed E-state index contributed by atoms with van der Waals surface area (Å²) in [6, 6.07) is 17.9. The van der Waals surface area contributed by atoms with Crippen LogP contribution in [0.25, 0.3) is 10.9 Å². The maximum Gasteiger partial charge on any atom is 0.145 e. The highest BCUT2D eigenvalue weighted by molar-refractivity contribution is 5.83. The minimum absolute atomic E-state index is 0.205. The Hall–Kier alpha value is -3.54. The van der Waals surface area contributed by atoms with Crippen LogP contribution in [0.2, 0.25) is 0 Å². The van der Waals surface area contributed by atoms with E-state index in [9.17, 15) is 0 Å². The molecule has 1 fully saturated rings. The lowest BCUT2D eigenvalue weighted by atomic mass is 9.89. The van der Waals surface area contributed by atoms with E-state index in [4.69, 9.17) is 15.7 Å². The third-order valence-electron chi connectivity index (χ3n) is 5.15. The van der Waals surface area contributed by atoms with Crippen LogP contribution < -0.4 is 15.8 Å². The van der Waals surface area contributed by atoms with Gasteiger partial charge in [0, 0.05) is 35.0 Å². The number of pyridine rings is 1. The minimum atomic E-state index is 0.205. The summed E-state index contributed by atoms with van der Waals surface area (Å²) >= 11 is 0. The van der Waals surface area contributed by atoms with Gasteiger partial charge >= 0.3 is 0 Å². The molecule has 4 rings (SSSR count).